The molecule has 10 heteroatoms. The minimum Gasteiger partial charge on any atom is -0.489 e. The predicted octanol–water partition coefficient (Wildman–Crippen LogP) is 6.26. The molecule has 3 heterocycles. The maximum atomic E-state index is 13.3. The molecule has 0 aliphatic carbocycles. The molecule has 2 aromatic carbocycles. The van der Waals surface area contributed by atoms with Crippen LogP contribution >= 0.6 is 0 Å². The smallest absolute Gasteiger partial charge is 0.449 e. The lowest BCUT2D eigenvalue weighted by Crippen LogP contribution is -2.50. The number of furan rings is 1. The Morgan fingerprint density at radius 1 is 1.07 bits per heavy atom. The molecule has 0 unspecified atom stereocenters. The van der Waals surface area contributed by atoms with E-state index in [1.807, 2.05) is 54.6 Å². The van der Waals surface area contributed by atoms with Gasteiger partial charge in [0.05, 0.1) is 18.7 Å². The van der Waals surface area contributed by atoms with E-state index in [-0.39, 0.29) is 23.9 Å². The summed E-state index contributed by atoms with van der Waals surface area (Å²) in [6.07, 6.45) is -3.09. The maximum absolute atomic E-state index is 13.3. The standard InChI is InChI=1S/C30H29F3N2O5/c1-18-13-21(27(40-18)30(31,32)33)16-34-29(37)35-22-11-12-25(35)26(28(36)38-2)24(15-22)20-9-6-10-23(14-20)39-17-19-7-4-3-5-8-19/h3-10,13-14,22,25H,11-12,15-17H2,1-2H3,(H,34,37)/t22-,25+/m0/s1. The molecule has 3 aromatic rings. The summed E-state index contributed by atoms with van der Waals surface area (Å²) in [6, 6.07) is 17.1. The summed E-state index contributed by atoms with van der Waals surface area (Å²) in [5.74, 6) is -0.927. The molecule has 2 aliphatic heterocycles. The lowest BCUT2D eigenvalue weighted by Gasteiger charge is -2.37. The number of carbonyl (C=O) groups excluding carboxylic acids is 2. The number of benzene rings is 2. The number of alkyl halides is 3. The van der Waals surface area contributed by atoms with Crippen LogP contribution in [0.25, 0.3) is 5.57 Å². The molecule has 0 spiro atoms. The van der Waals surface area contributed by atoms with Crippen LogP contribution in [0.15, 0.2) is 70.7 Å². The molecule has 2 amide bonds. The van der Waals surface area contributed by atoms with E-state index >= 15 is 0 Å². The summed E-state index contributed by atoms with van der Waals surface area (Å²) in [7, 11) is 1.29. The number of hydrogen-bond acceptors (Lipinski definition) is 5. The highest BCUT2D eigenvalue weighted by atomic mass is 19.4. The monoisotopic (exact) mass is 554 g/mol. The lowest BCUT2D eigenvalue weighted by molar-refractivity contribution is -0.154. The van der Waals surface area contributed by atoms with Gasteiger partial charge in [0.2, 0.25) is 5.76 Å². The first kappa shape index (κ1) is 27.4. The van der Waals surface area contributed by atoms with Gasteiger partial charge in [0, 0.05) is 18.2 Å². The fourth-order valence-corrected chi connectivity index (χ4v) is 5.58. The quantitative estimate of drug-likeness (QED) is 0.349. The van der Waals surface area contributed by atoms with Crippen molar-refractivity contribution < 1.29 is 36.7 Å². The Balaban J connectivity index is 1.38. The molecule has 40 heavy (non-hydrogen) atoms. The number of fused-ring (bicyclic) bond motifs is 2. The van der Waals surface area contributed by atoms with Crippen molar-refractivity contribution in [2.45, 2.75) is 57.6 Å². The van der Waals surface area contributed by atoms with Crippen molar-refractivity contribution in [1.29, 1.82) is 0 Å². The molecule has 1 saturated heterocycles. The summed E-state index contributed by atoms with van der Waals surface area (Å²) in [4.78, 5) is 27.9. The SMILES string of the molecule is COC(=O)C1=C(c2cccc(OCc3ccccc3)c2)C[C@@H]2CC[C@H]1N2C(=O)NCc1cc(C)oc1C(F)(F)F. The van der Waals surface area contributed by atoms with E-state index in [2.05, 4.69) is 5.32 Å². The molecule has 1 fully saturated rings. The third kappa shape index (κ3) is 5.57. The van der Waals surface area contributed by atoms with Crippen LogP contribution in [0.4, 0.5) is 18.0 Å². The van der Waals surface area contributed by atoms with Crippen LogP contribution in [0.2, 0.25) is 0 Å². The van der Waals surface area contributed by atoms with Gasteiger partial charge in [0.25, 0.3) is 0 Å². The number of carbonyl (C=O) groups is 2. The number of ether oxygens (including phenoxy) is 2. The first-order valence-electron chi connectivity index (χ1n) is 13.0. The Morgan fingerprint density at radius 3 is 2.58 bits per heavy atom. The minimum absolute atomic E-state index is 0.102. The average molecular weight is 555 g/mol. The van der Waals surface area contributed by atoms with Gasteiger partial charge in [-0.1, -0.05) is 42.5 Å². The zero-order valence-corrected chi connectivity index (χ0v) is 22.1. The number of rotatable bonds is 7. The Labute approximate surface area is 229 Å². The fraction of sp³-hybridized carbons (Fsp3) is 0.333. The number of aryl methyl sites for hydroxylation is 1. The number of methoxy groups -OCH3 is 1. The number of nitrogens with one attached hydrogen (secondary N) is 1. The topological polar surface area (TPSA) is 81.0 Å². The second-order valence-electron chi connectivity index (χ2n) is 9.91. The molecule has 1 N–H and O–H groups in total. The highest BCUT2D eigenvalue weighted by molar-refractivity contribution is 6.01. The number of urea groups is 1. The van der Waals surface area contributed by atoms with Gasteiger partial charge >= 0.3 is 18.2 Å². The van der Waals surface area contributed by atoms with Crippen LogP contribution in [-0.4, -0.2) is 36.1 Å². The summed E-state index contributed by atoms with van der Waals surface area (Å²) in [6.45, 7) is 1.45. The van der Waals surface area contributed by atoms with Gasteiger partial charge in [-0.05, 0) is 61.1 Å². The van der Waals surface area contributed by atoms with Gasteiger partial charge in [-0.3, -0.25) is 0 Å². The summed E-state index contributed by atoms with van der Waals surface area (Å²) >= 11 is 0. The Morgan fingerprint density at radius 2 is 1.85 bits per heavy atom. The molecule has 7 nitrogen and oxygen atoms in total. The van der Waals surface area contributed by atoms with E-state index in [0.717, 1.165) is 16.7 Å². The number of amides is 2. The fourth-order valence-electron chi connectivity index (χ4n) is 5.58. The molecule has 1 aromatic heterocycles. The van der Waals surface area contributed by atoms with Crippen molar-refractivity contribution in [1.82, 2.24) is 10.2 Å². The van der Waals surface area contributed by atoms with E-state index in [9.17, 15) is 22.8 Å². The summed E-state index contributed by atoms with van der Waals surface area (Å²) < 4.78 is 55.9. The molecule has 2 aliphatic rings. The zero-order valence-electron chi connectivity index (χ0n) is 22.1. The first-order valence-corrected chi connectivity index (χ1v) is 13.0. The summed E-state index contributed by atoms with van der Waals surface area (Å²) in [5, 5.41) is 2.60. The van der Waals surface area contributed by atoms with Gasteiger partial charge in [-0.2, -0.15) is 13.2 Å². The number of halogens is 3. The molecular formula is C30H29F3N2O5. The molecular weight excluding hydrogens is 525 g/mol. The third-order valence-electron chi connectivity index (χ3n) is 7.29. The Bertz CT molecular complexity index is 1430. The number of hydrogen-bond donors (Lipinski definition) is 1. The Hall–Kier alpha value is -4.21. The van der Waals surface area contributed by atoms with Crippen LogP contribution < -0.4 is 10.1 Å². The molecule has 0 radical (unpaired) electrons. The van der Waals surface area contributed by atoms with Crippen molar-refractivity contribution >= 4 is 17.6 Å². The van der Waals surface area contributed by atoms with Crippen LogP contribution in [0.5, 0.6) is 5.75 Å². The van der Waals surface area contributed by atoms with Crippen molar-refractivity contribution in [3.63, 3.8) is 0 Å². The number of nitrogens with zero attached hydrogens (tertiary/aromatic N) is 1. The van der Waals surface area contributed by atoms with E-state index in [1.54, 1.807) is 4.90 Å². The molecule has 0 saturated carbocycles. The van der Waals surface area contributed by atoms with Crippen LogP contribution in [0.3, 0.4) is 0 Å². The minimum atomic E-state index is -4.67. The van der Waals surface area contributed by atoms with Crippen molar-refractivity contribution in [3.8, 4) is 5.75 Å². The maximum Gasteiger partial charge on any atom is 0.449 e. The third-order valence-corrected chi connectivity index (χ3v) is 7.29. The second kappa shape index (κ2) is 11.1. The average Bonchev–Trinajstić information content (AvgIpc) is 3.48. The first-order chi connectivity index (χ1) is 19.2. The van der Waals surface area contributed by atoms with Gasteiger partial charge in [0.1, 0.15) is 18.1 Å². The Kier molecular flexibility index (Phi) is 7.60. The van der Waals surface area contributed by atoms with E-state index < -0.39 is 30.0 Å². The van der Waals surface area contributed by atoms with Crippen LogP contribution in [-0.2, 0) is 28.9 Å². The largest absolute Gasteiger partial charge is 0.489 e. The van der Waals surface area contributed by atoms with Gasteiger partial charge in [-0.15, -0.1) is 0 Å². The number of esters is 1. The zero-order chi connectivity index (χ0) is 28.4. The van der Waals surface area contributed by atoms with Crippen LogP contribution in [0.1, 0.15) is 47.5 Å². The lowest BCUT2D eigenvalue weighted by atomic mass is 9.88. The highest BCUT2D eigenvalue weighted by Crippen LogP contribution is 2.44. The van der Waals surface area contributed by atoms with Crippen molar-refractivity contribution in [2.75, 3.05) is 7.11 Å². The van der Waals surface area contributed by atoms with Crippen LogP contribution in [0, 0.1) is 6.92 Å². The molecule has 2 bridgehead atoms. The predicted molar refractivity (Wildman–Crippen MR) is 140 cm³/mol. The molecule has 5 rings (SSSR count). The highest BCUT2D eigenvalue weighted by Gasteiger charge is 2.47. The van der Waals surface area contributed by atoms with Gasteiger partial charge < -0.3 is 24.1 Å². The van der Waals surface area contributed by atoms with Gasteiger partial charge in [-0.25, -0.2) is 9.59 Å². The molecule has 2 atom stereocenters. The van der Waals surface area contributed by atoms with Crippen molar-refractivity contribution in [2.24, 2.45) is 0 Å². The van der Waals surface area contributed by atoms with E-state index in [4.69, 9.17) is 13.9 Å². The normalized spacial score (nSPS) is 18.6. The molecule has 210 valence electrons. The van der Waals surface area contributed by atoms with E-state index in [0.29, 0.717) is 37.2 Å². The van der Waals surface area contributed by atoms with Crippen molar-refractivity contribution in [3.05, 3.63) is 94.4 Å². The van der Waals surface area contributed by atoms with Gasteiger partial charge in [0.15, 0.2) is 0 Å². The summed E-state index contributed by atoms with van der Waals surface area (Å²) in [5.41, 5.74) is 2.82. The second-order valence-corrected chi connectivity index (χ2v) is 9.91. The van der Waals surface area contributed by atoms with E-state index in [1.165, 1.54) is 20.1 Å².